The Morgan fingerprint density at radius 3 is 2.42 bits per heavy atom. The van der Waals surface area contributed by atoms with Crippen molar-refractivity contribution in [2.75, 3.05) is 26.4 Å². The highest BCUT2D eigenvalue weighted by Gasteiger charge is 2.47. The maximum absolute atomic E-state index is 13.0. The average molecular weight is 454 g/mol. The summed E-state index contributed by atoms with van der Waals surface area (Å²) in [6, 6.07) is 11.2. The normalized spacial score (nSPS) is 17.4. The zero-order chi connectivity index (χ0) is 24.0. The number of Topliss-reactive ketones (excluding diaryl/α,β-unsaturated/α-hetero) is 1. The molecule has 1 atom stereocenters. The molecule has 174 valence electrons. The van der Waals surface area contributed by atoms with Crippen molar-refractivity contribution in [3.63, 3.8) is 0 Å². The van der Waals surface area contributed by atoms with Gasteiger partial charge >= 0.3 is 0 Å². The fraction of sp³-hybridized carbons (Fsp3) is 0.333. The van der Waals surface area contributed by atoms with Crippen molar-refractivity contribution in [1.82, 2.24) is 4.90 Å². The van der Waals surface area contributed by atoms with Gasteiger partial charge in [0.15, 0.2) is 0 Å². The van der Waals surface area contributed by atoms with Crippen molar-refractivity contribution in [2.45, 2.75) is 26.3 Å². The third-order valence-corrected chi connectivity index (χ3v) is 5.30. The molecule has 1 heterocycles. The Morgan fingerprint density at radius 2 is 1.79 bits per heavy atom. The molecule has 3 rings (SSSR count). The molecule has 1 fully saturated rings. The smallest absolute Gasteiger partial charge is 0.295 e. The molecule has 0 aromatic heterocycles. The first-order valence-electron chi connectivity index (χ1n) is 10.7. The van der Waals surface area contributed by atoms with Crippen LogP contribution in [-0.2, 0) is 14.3 Å². The van der Waals surface area contributed by atoms with Gasteiger partial charge in [0.25, 0.3) is 17.4 Å². The van der Waals surface area contributed by atoms with Crippen LogP contribution in [0.15, 0.2) is 54.1 Å². The number of para-hydroxylation sites is 1. The molecule has 0 saturated carbocycles. The van der Waals surface area contributed by atoms with Gasteiger partial charge in [-0.3, -0.25) is 19.7 Å². The number of amides is 1. The number of carbonyl (C=O) groups excluding carboxylic acids is 2. The molecule has 0 bridgehead atoms. The van der Waals surface area contributed by atoms with Crippen LogP contribution in [0.3, 0.4) is 0 Å². The fourth-order valence-electron chi connectivity index (χ4n) is 3.83. The maximum Gasteiger partial charge on any atom is 0.295 e. The van der Waals surface area contributed by atoms with Gasteiger partial charge in [-0.15, -0.1) is 0 Å². The van der Waals surface area contributed by atoms with Gasteiger partial charge in [0.05, 0.1) is 28.7 Å². The van der Waals surface area contributed by atoms with E-state index in [0.29, 0.717) is 37.6 Å². The molecule has 1 saturated heterocycles. The molecule has 0 aliphatic carbocycles. The number of nitro benzene ring substituents is 1. The lowest BCUT2D eigenvalue weighted by atomic mass is 9.94. The van der Waals surface area contributed by atoms with E-state index in [1.807, 2.05) is 13.8 Å². The summed E-state index contributed by atoms with van der Waals surface area (Å²) in [6.45, 7) is 5.16. The van der Waals surface area contributed by atoms with Crippen molar-refractivity contribution in [3.05, 3.63) is 75.3 Å². The Hall–Kier alpha value is -3.72. The van der Waals surface area contributed by atoms with Crippen molar-refractivity contribution in [3.8, 4) is 5.75 Å². The van der Waals surface area contributed by atoms with Gasteiger partial charge in [0.2, 0.25) is 0 Å². The number of rotatable bonds is 10. The molecular formula is C24H26N2O7. The molecule has 9 nitrogen and oxygen atoms in total. The van der Waals surface area contributed by atoms with Crippen LogP contribution >= 0.6 is 0 Å². The van der Waals surface area contributed by atoms with Crippen molar-refractivity contribution >= 4 is 23.1 Å². The lowest BCUT2D eigenvalue weighted by Crippen LogP contribution is -2.31. The van der Waals surface area contributed by atoms with Gasteiger partial charge in [0.1, 0.15) is 11.5 Å². The first-order chi connectivity index (χ1) is 15.9. The van der Waals surface area contributed by atoms with Crippen LogP contribution in [0.4, 0.5) is 5.69 Å². The predicted molar refractivity (Wildman–Crippen MR) is 121 cm³/mol. The summed E-state index contributed by atoms with van der Waals surface area (Å²) in [6.07, 6.45) is 0.432. The van der Waals surface area contributed by atoms with E-state index in [-0.39, 0.29) is 23.4 Å². The van der Waals surface area contributed by atoms with E-state index in [0.717, 1.165) is 0 Å². The van der Waals surface area contributed by atoms with Crippen LogP contribution < -0.4 is 4.74 Å². The summed E-state index contributed by atoms with van der Waals surface area (Å²) in [5.41, 5.74) is 0.0339. The van der Waals surface area contributed by atoms with Crippen molar-refractivity contribution < 1.29 is 29.1 Å². The van der Waals surface area contributed by atoms with Crippen LogP contribution in [0.1, 0.15) is 37.4 Å². The first-order valence-corrected chi connectivity index (χ1v) is 10.7. The van der Waals surface area contributed by atoms with Crippen molar-refractivity contribution in [1.29, 1.82) is 0 Å². The second-order valence-corrected chi connectivity index (χ2v) is 7.32. The number of likely N-dealkylation sites (tertiary alicyclic amines) is 1. The molecule has 33 heavy (non-hydrogen) atoms. The van der Waals surface area contributed by atoms with Crippen LogP contribution in [0.2, 0.25) is 0 Å². The van der Waals surface area contributed by atoms with E-state index in [4.69, 9.17) is 9.47 Å². The summed E-state index contributed by atoms with van der Waals surface area (Å²) in [7, 11) is 0. The van der Waals surface area contributed by atoms with Gasteiger partial charge in [-0.2, -0.15) is 0 Å². The zero-order valence-electron chi connectivity index (χ0n) is 18.5. The molecular weight excluding hydrogens is 428 g/mol. The minimum absolute atomic E-state index is 0.140. The summed E-state index contributed by atoms with van der Waals surface area (Å²) >= 11 is 0. The largest absolute Gasteiger partial charge is 0.507 e. The summed E-state index contributed by atoms with van der Waals surface area (Å²) in [5.74, 6) is -1.52. The highest BCUT2D eigenvalue weighted by molar-refractivity contribution is 6.46. The molecule has 1 aliphatic rings. The van der Waals surface area contributed by atoms with E-state index < -0.39 is 28.4 Å². The zero-order valence-corrected chi connectivity index (χ0v) is 18.5. The molecule has 1 aliphatic heterocycles. The maximum atomic E-state index is 13.0. The van der Waals surface area contributed by atoms with Crippen LogP contribution in [-0.4, -0.2) is 53.0 Å². The van der Waals surface area contributed by atoms with E-state index in [1.165, 1.54) is 23.1 Å². The second kappa shape index (κ2) is 10.7. The second-order valence-electron chi connectivity index (χ2n) is 7.32. The monoisotopic (exact) mass is 454 g/mol. The van der Waals surface area contributed by atoms with E-state index in [9.17, 15) is 24.8 Å². The summed E-state index contributed by atoms with van der Waals surface area (Å²) < 4.78 is 10.7. The number of aliphatic hydroxyl groups excluding tert-OH is 1. The number of benzene rings is 2. The fourth-order valence-corrected chi connectivity index (χ4v) is 3.83. The number of hydrogen-bond acceptors (Lipinski definition) is 7. The van der Waals surface area contributed by atoms with Crippen LogP contribution in [0.25, 0.3) is 5.76 Å². The standard InChI is InChI=1S/C24H26N2O7/c1-3-32-15-7-14-25-21(18-8-5-6-9-19(18)26(30)31)20(23(28)24(25)29)22(27)16-10-12-17(13-11-16)33-4-2/h5-6,8-13,21,27H,3-4,7,14-15H2,1-2H3/b22-20-. The predicted octanol–water partition coefficient (Wildman–Crippen LogP) is 3.84. The number of ketones is 1. The van der Waals surface area contributed by atoms with Crippen LogP contribution in [0, 0.1) is 10.1 Å². The Morgan fingerprint density at radius 1 is 1.09 bits per heavy atom. The molecule has 1 amide bonds. The van der Waals surface area contributed by atoms with E-state index in [2.05, 4.69) is 0 Å². The van der Waals surface area contributed by atoms with E-state index in [1.54, 1.807) is 30.3 Å². The van der Waals surface area contributed by atoms with Crippen LogP contribution in [0.5, 0.6) is 5.75 Å². The Bertz CT molecular complexity index is 1060. The Labute approximate surface area is 191 Å². The molecule has 9 heteroatoms. The minimum Gasteiger partial charge on any atom is -0.507 e. The molecule has 1 unspecified atom stereocenters. The highest BCUT2D eigenvalue weighted by atomic mass is 16.6. The van der Waals surface area contributed by atoms with E-state index >= 15 is 0 Å². The summed E-state index contributed by atoms with van der Waals surface area (Å²) in [5, 5.41) is 22.8. The van der Waals surface area contributed by atoms with Gasteiger partial charge in [-0.1, -0.05) is 12.1 Å². The van der Waals surface area contributed by atoms with Crippen molar-refractivity contribution in [2.24, 2.45) is 0 Å². The first kappa shape index (κ1) is 23.9. The van der Waals surface area contributed by atoms with Gasteiger partial charge in [0, 0.05) is 31.4 Å². The van der Waals surface area contributed by atoms with Gasteiger partial charge in [-0.25, -0.2) is 0 Å². The molecule has 2 aromatic rings. The molecule has 0 radical (unpaired) electrons. The van der Waals surface area contributed by atoms with Gasteiger partial charge < -0.3 is 19.5 Å². The summed E-state index contributed by atoms with van der Waals surface area (Å²) in [4.78, 5) is 38.3. The quantitative estimate of drug-likeness (QED) is 0.145. The number of ether oxygens (including phenoxy) is 2. The topological polar surface area (TPSA) is 119 Å². The number of nitrogens with zero attached hydrogens (tertiary/aromatic N) is 2. The lowest BCUT2D eigenvalue weighted by Gasteiger charge is -2.25. The number of carbonyl (C=O) groups is 2. The SMILES string of the molecule is CCOCCCN1C(=O)C(=O)/C(=C(\O)c2ccc(OCC)cc2)C1c1ccccc1[N+](=O)[O-]. The third-order valence-electron chi connectivity index (χ3n) is 5.30. The number of aliphatic hydroxyl groups is 1. The molecule has 0 spiro atoms. The highest BCUT2D eigenvalue weighted by Crippen LogP contribution is 2.42. The lowest BCUT2D eigenvalue weighted by molar-refractivity contribution is -0.385. The Balaban J connectivity index is 2.12. The number of nitro groups is 1. The Kier molecular flexibility index (Phi) is 7.78. The average Bonchev–Trinajstić information content (AvgIpc) is 3.07. The minimum atomic E-state index is -1.10. The third kappa shape index (κ3) is 5.04. The number of hydrogen-bond donors (Lipinski definition) is 1. The van der Waals surface area contributed by atoms with Gasteiger partial charge in [-0.05, 0) is 50.6 Å². The molecule has 2 aromatic carbocycles. The molecule has 1 N–H and O–H groups in total.